The summed E-state index contributed by atoms with van der Waals surface area (Å²) in [6, 6.07) is 14.0. The van der Waals surface area contributed by atoms with Crippen LogP contribution < -0.4 is 10.9 Å². The van der Waals surface area contributed by atoms with Crippen molar-refractivity contribution in [1.29, 1.82) is 0 Å². The van der Waals surface area contributed by atoms with Crippen molar-refractivity contribution in [2.45, 2.75) is 32.9 Å². The fourth-order valence-electron chi connectivity index (χ4n) is 4.19. The van der Waals surface area contributed by atoms with Crippen molar-refractivity contribution in [3.63, 3.8) is 0 Å². The predicted octanol–water partition coefficient (Wildman–Crippen LogP) is 3.33. The van der Waals surface area contributed by atoms with E-state index in [9.17, 15) is 9.90 Å². The van der Waals surface area contributed by atoms with Gasteiger partial charge in [0.15, 0.2) is 0 Å². The number of hydrogen-bond acceptors (Lipinski definition) is 7. The minimum absolute atomic E-state index is 0.00895. The summed E-state index contributed by atoms with van der Waals surface area (Å²) in [6.07, 6.45) is 2.20. The normalized spacial score (nSPS) is 13.7. The lowest BCUT2D eigenvalue weighted by Crippen LogP contribution is -2.40. The highest BCUT2D eigenvalue weighted by Gasteiger charge is 2.20. The van der Waals surface area contributed by atoms with Crippen molar-refractivity contribution in [2.75, 3.05) is 25.1 Å². The second-order valence-corrected chi connectivity index (χ2v) is 8.64. The molecule has 0 amide bonds. The molecule has 5 rings (SSSR count). The number of nitrogens with zero attached hydrogens (tertiary/aromatic N) is 4. The summed E-state index contributed by atoms with van der Waals surface area (Å²) >= 11 is 0. The topological polar surface area (TPSA) is 102 Å². The van der Waals surface area contributed by atoms with Gasteiger partial charge >= 0.3 is 0 Å². The molecule has 1 aromatic carbocycles. The number of aliphatic hydroxyl groups excluding tert-OH is 1. The van der Waals surface area contributed by atoms with Gasteiger partial charge in [-0.05, 0) is 55.7 Å². The Balaban J connectivity index is 1.59. The Labute approximate surface area is 197 Å². The highest BCUT2D eigenvalue weighted by Crippen LogP contribution is 2.28. The minimum atomic E-state index is -0.137. The van der Waals surface area contributed by atoms with Crippen LogP contribution in [0.15, 0.2) is 53.5 Å². The highest BCUT2D eigenvalue weighted by molar-refractivity contribution is 5.83. The number of pyridine rings is 2. The summed E-state index contributed by atoms with van der Waals surface area (Å²) in [6.45, 7) is 5.56. The van der Waals surface area contributed by atoms with Crippen LogP contribution in [0.1, 0.15) is 17.7 Å². The molecule has 0 saturated carbocycles. The first kappa shape index (κ1) is 22.2. The largest absolute Gasteiger partial charge is 0.396 e. The van der Waals surface area contributed by atoms with Gasteiger partial charge in [0.1, 0.15) is 5.65 Å². The van der Waals surface area contributed by atoms with Gasteiger partial charge in [0.25, 0.3) is 5.56 Å². The first-order valence-corrected chi connectivity index (χ1v) is 11.4. The van der Waals surface area contributed by atoms with E-state index in [2.05, 4.69) is 26.3 Å². The Morgan fingerprint density at radius 2 is 1.97 bits per heavy atom. The molecule has 0 bridgehead atoms. The van der Waals surface area contributed by atoms with Crippen molar-refractivity contribution >= 4 is 17.0 Å². The van der Waals surface area contributed by atoms with Gasteiger partial charge in [-0.1, -0.05) is 18.2 Å². The molecule has 4 aromatic rings. The van der Waals surface area contributed by atoms with E-state index >= 15 is 0 Å². The predicted molar refractivity (Wildman–Crippen MR) is 132 cm³/mol. The van der Waals surface area contributed by atoms with Gasteiger partial charge in [0, 0.05) is 41.6 Å². The molecule has 2 N–H and O–H groups in total. The van der Waals surface area contributed by atoms with E-state index in [1.54, 1.807) is 10.8 Å². The van der Waals surface area contributed by atoms with E-state index < -0.39 is 0 Å². The molecule has 1 aliphatic rings. The Kier molecular flexibility index (Phi) is 6.08. The molecule has 0 aliphatic carbocycles. The Morgan fingerprint density at radius 1 is 1.12 bits per heavy atom. The number of hydrogen-bond donors (Lipinski definition) is 2. The van der Waals surface area contributed by atoms with Gasteiger partial charge in [-0.25, -0.2) is 4.98 Å². The van der Waals surface area contributed by atoms with Crippen molar-refractivity contribution in [3.8, 4) is 22.4 Å². The quantitative estimate of drug-likeness (QED) is 0.439. The number of fused-ring (bicyclic) bond motifs is 1. The van der Waals surface area contributed by atoms with E-state index in [0.29, 0.717) is 43.3 Å². The van der Waals surface area contributed by atoms with E-state index in [1.807, 2.05) is 50.2 Å². The van der Waals surface area contributed by atoms with Crippen LogP contribution in [0.2, 0.25) is 0 Å². The maximum absolute atomic E-state index is 13.6. The standard InChI is InChI=1S/C26H27N5O3/c1-16-11-18(23-6-3-5-17(2)28-23)7-8-21(16)22-12-19-13-27-26(29-20-14-34-15-20)30-24(19)31(25(22)33)9-4-10-32/h3,5-8,11-13,20,32H,4,9-10,14-15H2,1-2H3,(H,27,29,30). The van der Waals surface area contributed by atoms with Crippen molar-refractivity contribution in [3.05, 3.63) is 70.3 Å². The van der Waals surface area contributed by atoms with Gasteiger partial charge < -0.3 is 15.2 Å². The monoisotopic (exact) mass is 457 g/mol. The first-order chi connectivity index (χ1) is 16.5. The van der Waals surface area contributed by atoms with Crippen LogP contribution in [0.3, 0.4) is 0 Å². The molecule has 34 heavy (non-hydrogen) atoms. The van der Waals surface area contributed by atoms with Crippen LogP contribution in [0, 0.1) is 13.8 Å². The van der Waals surface area contributed by atoms with Gasteiger partial charge in [-0.3, -0.25) is 14.3 Å². The number of aromatic nitrogens is 4. The second kappa shape index (κ2) is 9.32. The zero-order chi connectivity index (χ0) is 23.7. The third-order valence-corrected chi connectivity index (χ3v) is 6.04. The molecule has 8 heteroatoms. The SMILES string of the molecule is Cc1cccc(-c2ccc(-c3cc4cnc(NC5COC5)nc4n(CCCO)c3=O)c(C)c2)n1. The van der Waals surface area contributed by atoms with E-state index in [4.69, 9.17) is 4.74 Å². The molecule has 4 heterocycles. The molecular weight excluding hydrogens is 430 g/mol. The zero-order valence-electron chi connectivity index (χ0n) is 19.3. The van der Waals surface area contributed by atoms with Crippen molar-refractivity contribution in [1.82, 2.24) is 19.5 Å². The molecule has 0 spiro atoms. The summed E-state index contributed by atoms with van der Waals surface area (Å²) in [5.74, 6) is 0.469. The summed E-state index contributed by atoms with van der Waals surface area (Å²) in [4.78, 5) is 27.3. The number of anilines is 1. The van der Waals surface area contributed by atoms with E-state index in [0.717, 1.165) is 33.5 Å². The van der Waals surface area contributed by atoms with Crippen molar-refractivity contribution in [2.24, 2.45) is 0 Å². The third kappa shape index (κ3) is 4.30. The first-order valence-electron chi connectivity index (χ1n) is 11.4. The van der Waals surface area contributed by atoms with Crippen LogP contribution in [-0.4, -0.2) is 50.5 Å². The Bertz CT molecular complexity index is 1410. The van der Waals surface area contributed by atoms with Crippen LogP contribution in [0.25, 0.3) is 33.4 Å². The molecule has 0 atom stereocenters. The summed E-state index contributed by atoms with van der Waals surface area (Å²) in [5.41, 5.74) is 5.71. The number of aliphatic hydroxyl groups is 1. The molecule has 0 unspecified atom stereocenters. The summed E-state index contributed by atoms with van der Waals surface area (Å²) in [5, 5.41) is 13.4. The summed E-state index contributed by atoms with van der Waals surface area (Å²) < 4.78 is 6.84. The van der Waals surface area contributed by atoms with E-state index in [1.165, 1.54) is 0 Å². The molecule has 1 aliphatic heterocycles. The lowest BCUT2D eigenvalue weighted by molar-refractivity contribution is 0.0208. The smallest absolute Gasteiger partial charge is 0.260 e. The van der Waals surface area contributed by atoms with Gasteiger partial charge in [0.05, 0.1) is 24.9 Å². The summed E-state index contributed by atoms with van der Waals surface area (Å²) in [7, 11) is 0. The van der Waals surface area contributed by atoms with E-state index in [-0.39, 0.29) is 18.2 Å². The Hall–Kier alpha value is -3.62. The average molecular weight is 458 g/mol. The average Bonchev–Trinajstić information content (AvgIpc) is 2.81. The molecule has 174 valence electrons. The second-order valence-electron chi connectivity index (χ2n) is 8.64. The van der Waals surface area contributed by atoms with Gasteiger partial charge in [-0.2, -0.15) is 4.98 Å². The molecule has 3 aromatic heterocycles. The maximum Gasteiger partial charge on any atom is 0.260 e. The van der Waals surface area contributed by atoms with Crippen LogP contribution in [0.5, 0.6) is 0 Å². The Morgan fingerprint density at radius 3 is 2.68 bits per heavy atom. The van der Waals surface area contributed by atoms with Gasteiger partial charge in [-0.15, -0.1) is 0 Å². The highest BCUT2D eigenvalue weighted by atomic mass is 16.5. The number of aryl methyl sites for hydroxylation is 3. The fourth-order valence-corrected chi connectivity index (χ4v) is 4.19. The molecule has 1 fully saturated rings. The minimum Gasteiger partial charge on any atom is -0.396 e. The number of rotatable bonds is 7. The maximum atomic E-state index is 13.6. The molecule has 8 nitrogen and oxygen atoms in total. The number of nitrogens with one attached hydrogen (secondary N) is 1. The zero-order valence-corrected chi connectivity index (χ0v) is 19.3. The number of benzene rings is 1. The lowest BCUT2D eigenvalue weighted by Gasteiger charge is -2.26. The van der Waals surface area contributed by atoms with Crippen LogP contribution >= 0.6 is 0 Å². The lowest BCUT2D eigenvalue weighted by atomic mass is 9.97. The van der Waals surface area contributed by atoms with Crippen LogP contribution in [0.4, 0.5) is 5.95 Å². The van der Waals surface area contributed by atoms with Crippen LogP contribution in [-0.2, 0) is 11.3 Å². The third-order valence-electron chi connectivity index (χ3n) is 6.04. The molecular formula is C26H27N5O3. The molecule has 0 radical (unpaired) electrons. The fraction of sp³-hybridized carbons (Fsp3) is 0.308. The van der Waals surface area contributed by atoms with Gasteiger partial charge in [0.2, 0.25) is 5.95 Å². The van der Waals surface area contributed by atoms with Crippen molar-refractivity contribution < 1.29 is 9.84 Å². The molecule has 1 saturated heterocycles. The number of ether oxygens (including phenoxy) is 1.